The van der Waals surface area contributed by atoms with Gasteiger partial charge < -0.3 is 5.11 Å². The van der Waals surface area contributed by atoms with Crippen LogP contribution in [0, 0.1) is 5.41 Å². The third kappa shape index (κ3) is 1.65. The molecule has 2 rings (SSSR count). The van der Waals surface area contributed by atoms with Crippen LogP contribution in [0.25, 0.3) is 0 Å². The van der Waals surface area contributed by atoms with Gasteiger partial charge in [0.25, 0.3) is 0 Å². The molecular weight excluding hydrogens is 208 g/mol. The summed E-state index contributed by atoms with van der Waals surface area (Å²) in [6.45, 7) is 4.02. The van der Waals surface area contributed by atoms with Gasteiger partial charge in [0.15, 0.2) is 0 Å². The van der Waals surface area contributed by atoms with Gasteiger partial charge in [0.1, 0.15) is 4.75 Å². The SMILES string of the molecule is CC1(C)CC1(Sc1ccccc1)C(=O)O. The summed E-state index contributed by atoms with van der Waals surface area (Å²) in [5, 5.41) is 9.28. The first-order chi connectivity index (χ1) is 6.98. The second-order valence-corrected chi connectivity index (χ2v) is 5.98. The van der Waals surface area contributed by atoms with Crippen molar-refractivity contribution >= 4 is 17.7 Å². The number of aliphatic carboxylic acids is 1. The third-order valence-electron chi connectivity index (χ3n) is 3.04. The highest BCUT2D eigenvalue weighted by atomic mass is 32.2. The summed E-state index contributed by atoms with van der Waals surface area (Å²) < 4.78 is -0.617. The van der Waals surface area contributed by atoms with Gasteiger partial charge in [-0.15, -0.1) is 11.8 Å². The van der Waals surface area contributed by atoms with Crippen LogP contribution in [0.2, 0.25) is 0 Å². The summed E-state index contributed by atoms with van der Waals surface area (Å²) in [7, 11) is 0. The summed E-state index contributed by atoms with van der Waals surface area (Å²) >= 11 is 1.47. The van der Waals surface area contributed by atoms with Gasteiger partial charge in [-0.1, -0.05) is 32.0 Å². The lowest BCUT2D eigenvalue weighted by Gasteiger charge is -2.14. The van der Waals surface area contributed by atoms with Crippen LogP contribution in [-0.4, -0.2) is 15.8 Å². The molecule has 1 aliphatic rings. The molecule has 3 heteroatoms. The fraction of sp³-hybridized carbons (Fsp3) is 0.417. The Balaban J connectivity index is 2.22. The number of rotatable bonds is 3. The topological polar surface area (TPSA) is 37.3 Å². The van der Waals surface area contributed by atoms with E-state index in [0.717, 1.165) is 11.3 Å². The largest absolute Gasteiger partial charge is 0.480 e. The molecule has 0 heterocycles. The van der Waals surface area contributed by atoms with Gasteiger partial charge in [-0.3, -0.25) is 4.79 Å². The van der Waals surface area contributed by atoms with Gasteiger partial charge in [-0.2, -0.15) is 0 Å². The molecule has 1 aromatic rings. The molecule has 0 spiro atoms. The molecule has 15 heavy (non-hydrogen) atoms. The van der Waals surface area contributed by atoms with Gasteiger partial charge in [0.2, 0.25) is 0 Å². The van der Waals surface area contributed by atoms with Crippen molar-refractivity contribution in [2.45, 2.75) is 29.9 Å². The first kappa shape index (κ1) is 10.6. The van der Waals surface area contributed by atoms with Crippen LogP contribution in [0.3, 0.4) is 0 Å². The standard InChI is InChI=1S/C12H14O2S/c1-11(2)8-12(11,10(13)14)15-9-6-4-3-5-7-9/h3-7H,8H2,1-2H3,(H,13,14). The predicted octanol–water partition coefficient (Wildman–Crippen LogP) is 3.03. The van der Waals surface area contributed by atoms with Crippen molar-refractivity contribution in [2.75, 3.05) is 0 Å². The van der Waals surface area contributed by atoms with Crippen LogP contribution >= 0.6 is 11.8 Å². The summed E-state index contributed by atoms with van der Waals surface area (Å²) in [4.78, 5) is 12.3. The lowest BCUT2D eigenvalue weighted by atomic mass is 10.1. The number of thioether (sulfide) groups is 1. The van der Waals surface area contributed by atoms with E-state index in [1.54, 1.807) is 0 Å². The molecule has 1 aliphatic carbocycles. The van der Waals surface area contributed by atoms with E-state index in [9.17, 15) is 9.90 Å². The number of carboxylic acid groups (broad SMARTS) is 1. The molecule has 0 amide bonds. The Hall–Kier alpha value is -0.960. The molecule has 2 nitrogen and oxygen atoms in total. The first-order valence-corrected chi connectivity index (χ1v) is 5.77. The first-order valence-electron chi connectivity index (χ1n) is 4.95. The minimum absolute atomic E-state index is 0.0979. The summed E-state index contributed by atoms with van der Waals surface area (Å²) in [5.41, 5.74) is -0.0979. The van der Waals surface area contributed by atoms with E-state index in [2.05, 4.69) is 0 Å². The van der Waals surface area contributed by atoms with Gasteiger partial charge in [0, 0.05) is 4.90 Å². The van der Waals surface area contributed by atoms with Crippen LogP contribution in [-0.2, 0) is 4.79 Å². The summed E-state index contributed by atoms with van der Waals surface area (Å²) in [6.07, 6.45) is 0.745. The average Bonchev–Trinajstić information content (AvgIpc) is 2.71. The molecule has 0 aliphatic heterocycles. The van der Waals surface area contributed by atoms with Crippen molar-refractivity contribution in [3.63, 3.8) is 0 Å². The maximum Gasteiger partial charge on any atom is 0.320 e. The van der Waals surface area contributed by atoms with Crippen molar-refractivity contribution in [1.82, 2.24) is 0 Å². The second kappa shape index (κ2) is 3.27. The highest BCUT2D eigenvalue weighted by Gasteiger charge is 2.67. The summed E-state index contributed by atoms with van der Waals surface area (Å²) in [6, 6.07) is 9.74. The molecular formula is C12H14O2S. The minimum Gasteiger partial charge on any atom is -0.480 e. The Morgan fingerprint density at radius 3 is 2.27 bits per heavy atom. The molecule has 1 atom stereocenters. The quantitative estimate of drug-likeness (QED) is 0.854. The lowest BCUT2D eigenvalue weighted by molar-refractivity contribution is -0.137. The van der Waals surface area contributed by atoms with Crippen molar-refractivity contribution in [3.05, 3.63) is 30.3 Å². The van der Waals surface area contributed by atoms with Gasteiger partial charge in [-0.25, -0.2) is 0 Å². The van der Waals surface area contributed by atoms with Crippen LogP contribution in [0.5, 0.6) is 0 Å². The van der Waals surface area contributed by atoms with Crippen molar-refractivity contribution < 1.29 is 9.90 Å². The van der Waals surface area contributed by atoms with Crippen molar-refractivity contribution in [2.24, 2.45) is 5.41 Å². The number of hydrogen-bond donors (Lipinski definition) is 1. The Morgan fingerprint density at radius 2 is 1.87 bits per heavy atom. The minimum atomic E-state index is -0.693. The smallest absolute Gasteiger partial charge is 0.320 e. The molecule has 0 aromatic heterocycles. The van der Waals surface area contributed by atoms with Crippen LogP contribution < -0.4 is 0 Å². The van der Waals surface area contributed by atoms with E-state index in [1.165, 1.54) is 11.8 Å². The van der Waals surface area contributed by atoms with E-state index >= 15 is 0 Å². The molecule has 80 valence electrons. The monoisotopic (exact) mass is 222 g/mol. The Bertz CT molecular complexity index is 386. The third-order valence-corrected chi connectivity index (χ3v) is 4.77. The van der Waals surface area contributed by atoms with E-state index in [0.29, 0.717) is 0 Å². The zero-order valence-corrected chi connectivity index (χ0v) is 9.67. The maximum absolute atomic E-state index is 11.3. The van der Waals surface area contributed by atoms with Gasteiger partial charge >= 0.3 is 5.97 Å². The molecule has 0 saturated heterocycles. The normalized spacial score (nSPS) is 27.3. The van der Waals surface area contributed by atoms with Crippen molar-refractivity contribution in [3.8, 4) is 0 Å². The fourth-order valence-corrected chi connectivity index (χ4v) is 3.34. The Kier molecular flexibility index (Phi) is 2.30. The van der Waals surface area contributed by atoms with Gasteiger partial charge in [0.05, 0.1) is 0 Å². The van der Waals surface area contributed by atoms with Crippen molar-refractivity contribution in [1.29, 1.82) is 0 Å². The van der Waals surface area contributed by atoms with Crippen LogP contribution in [0.15, 0.2) is 35.2 Å². The second-order valence-electron chi connectivity index (χ2n) is 4.61. The van der Waals surface area contributed by atoms with E-state index in [1.807, 2.05) is 44.2 Å². The van der Waals surface area contributed by atoms with E-state index < -0.39 is 10.7 Å². The number of benzene rings is 1. The molecule has 1 N–H and O–H groups in total. The lowest BCUT2D eigenvalue weighted by Crippen LogP contribution is -2.23. The maximum atomic E-state index is 11.3. The fourth-order valence-electron chi connectivity index (χ4n) is 1.85. The number of carbonyl (C=O) groups is 1. The Morgan fingerprint density at radius 1 is 1.33 bits per heavy atom. The molecule has 0 bridgehead atoms. The molecule has 1 aromatic carbocycles. The van der Waals surface area contributed by atoms with Gasteiger partial charge in [-0.05, 0) is 24.0 Å². The molecule has 1 saturated carbocycles. The van der Waals surface area contributed by atoms with Crippen LogP contribution in [0.1, 0.15) is 20.3 Å². The van der Waals surface area contributed by atoms with E-state index in [4.69, 9.17) is 0 Å². The predicted molar refractivity (Wildman–Crippen MR) is 61.1 cm³/mol. The zero-order valence-electron chi connectivity index (χ0n) is 8.86. The molecule has 1 fully saturated rings. The molecule has 1 unspecified atom stereocenters. The average molecular weight is 222 g/mol. The highest BCUT2D eigenvalue weighted by molar-refractivity contribution is 8.01. The zero-order chi connectivity index (χ0) is 11.1. The molecule has 0 radical (unpaired) electrons. The van der Waals surface area contributed by atoms with E-state index in [-0.39, 0.29) is 5.41 Å². The summed E-state index contributed by atoms with van der Waals surface area (Å²) in [5.74, 6) is -0.693. The number of hydrogen-bond acceptors (Lipinski definition) is 2. The highest BCUT2D eigenvalue weighted by Crippen LogP contribution is 2.65. The Labute approximate surface area is 93.7 Å². The van der Waals surface area contributed by atoms with Crippen LogP contribution in [0.4, 0.5) is 0 Å². The number of carboxylic acids is 1.